The van der Waals surface area contributed by atoms with E-state index in [9.17, 15) is 0 Å². The monoisotopic (exact) mass is 329 g/mol. The zero-order chi connectivity index (χ0) is 13.1. The maximum Gasteiger partial charge on any atom is 0.141 e. The highest BCUT2D eigenvalue weighted by Gasteiger charge is 2.23. The summed E-state index contributed by atoms with van der Waals surface area (Å²) in [4.78, 5) is 9.10. The molecule has 1 aliphatic carbocycles. The Labute approximate surface area is 121 Å². The molecule has 0 amide bonds. The quantitative estimate of drug-likeness (QED) is 0.902. The molecular weight excluding hydrogens is 310 g/mol. The minimum atomic E-state index is 0.562. The van der Waals surface area contributed by atoms with Gasteiger partial charge in [-0.25, -0.2) is 9.97 Å². The third-order valence-corrected chi connectivity index (χ3v) is 5.14. The van der Waals surface area contributed by atoms with Crippen LogP contribution >= 0.6 is 27.7 Å². The predicted molar refractivity (Wildman–Crippen MR) is 81.8 cm³/mol. The van der Waals surface area contributed by atoms with Crippen LogP contribution in [0.15, 0.2) is 4.47 Å². The van der Waals surface area contributed by atoms with Crippen LogP contribution in [0.4, 0.5) is 5.82 Å². The van der Waals surface area contributed by atoms with E-state index in [1.807, 2.05) is 11.8 Å². The number of nitrogen functional groups attached to an aromatic ring is 1. The van der Waals surface area contributed by atoms with Gasteiger partial charge >= 0.3 is 0 Å². The molecule has 100 valence electrons. The number of hydrogen-bond acceptors (Lipinski definition) is 4. The van der Waals surface area contributed by atoms with Gasteiger partial charge in [-0.1, -0.05) is 26.7 Å². The molecule has 0 aliphatic heterocycles. The van der Waals surface area contributed by atoms with Crippen molar-refractivity contribution in [2.75, 3.05) is 5.73 Å². The van der Waals surface area contributed by atoms with E-state index < -0.39 is 0 Å². The van der Waals surface area contributed by atoms with E-state index in [0.29, 0.717) is 17.0 Å². The Morgan fingerprint density at radius 2 is 2.00 bits per heavy atom. The van der Waals surface area contributed by atoms with Crippen molar-refractivity contribution in [2.45, 2.75) is 56.5 Å². The van der Waals surface area contributed by atoms with Crippen LogP contribution in [0, 0.1) is 0 Å². The molecule has 0 unspecified atom stereocenters. The van der Waals surface area contributed by atoms with Crippen LogP contribution in [0.1, 0.15) is 57.0 Å². The largest absolute Gasteiger partial charge is 0.383 e. The van der Waals surface area contributed by atoms with E-state index in [1.54, 1.807) is 0 Å². The van der Waals surface area contributed by atoms with Gasteiger partial charge in [-0.15, -0.1) is 0 Å². The zero-order valence-electron chi connectivity index (χ0n) is 10.9. The van der Waals surface area contributed by atoms with E-state index in [4.69, 9.17) is 10.7 Å². The molecule has 2 rings (SSSR count). The molecule has 1 saturated carbocycles. The number of thioether (sulfide) groups is 1. The summed E-state index contributed by atoms with van der Waals surface area (Å²) in [6, 6.07) is 0. The van der Waals surface area contributed by atoms with Crippen LogP contribution < -0.4 is 5.73 Å². The van der Waals surface area contributed by atoms with Gasteiger partial charge < -0.3 is 5.73 Å². The minimum Gasteiger partial charge on any atom is -0.383 e. The number of nitrogens with zero attached hydrogens (tertiary/aromatic N) is 2. The van der Waals surface area contributed by atoms with Crippen molar-refractivity contribution in [3.05, 3.63) is 16.0 Å². The SMILES string of the molecule is CC(C)SCc1nc(N)c(Br)c(C2CCCC2)n1. The lowest BCUT2D eigenvalue weighted by atomic mass is 10.0. The molecular formula is C13H20BrN3S. The van der Waals surface area contributed by atoms with Crippen molar-refractivity contribution in [3.8, 4) is 0 Å². The molecule has 5 heteroatoms. The third-order valence-electron chi connectivity index (χ3n) is 3.24. The van der Waals surface area contributed by atoms with Gasteiger partial charge in [-0.3, -0.25) is 0 Å². The Morgan fingerprint density at radius 1 is 1.33 bits per heavy atom. The summed E-state index contributed by atoms with van der Waals surface area (Å²) in [6.07, 6.45) is 5.06. The maximum atomic E-state index is 5.99. The highest BCUT2D eigenvalue weighted by molar-refractivity contribution is 9.10. The fourth-order valence-corrected chi connectivity index (χ4v) is 3.42. The van der Waals surface area contributed by atoms with E-state index in [0.717, 1.165) is 21.7 Å². The summed E-state index contributed by atoms with van der Waals surface area (Å²) in [5.74, 6) is 2.87. The van der Waals surface area contributed by atoms with Crippen molar-refractivity contribution >= 4 is 33.5 Å². The standard InChI is InChI=1S/C13H20BrN3S/c1-8(2)18-7-10-16-12(9-5-3-4-6-9)11(14)13(15)17-10/h8-9H,3-7H2,1-2H3,(H2,15,16,17). The highest BCUT2D eigenvalue weighted by atomic mass is 79.9. The molecule has 0 atom stereocenters. The Hall–Kier alpha value is -0.290. The van der Waals surface area contributed by atoms with Gasteiger partial charge in [-0.05, 0) is 34.0 Å². The van der Waals surface area contributed by atoms with Gasteiger partial charge in [0.05, 0.1) is 15.9 Å². The Bertz CT molecular complexity index is 417. The maximum absolute atomic E-state index is 5.99. The molecule has 0 radical (unpaired) electrons. The molecule has 18 heavy (non-hydrogen) atoms. The number of nitrogens with two attached hydrogens (primary N) is 1. The first-order valence-corrected chi connectivity index (χ1v) is 8.35. The van der Waals surface area contributed by atoms with Gasteiger partial charge in [0, 0.05) is 5.92 Å². The second-order valence-corrected chi connectivity index (χ2v) is 7.42. The summed E-state index contributed by atoms with van der Waals surface area (Å²) in [7, 11) is 0. The average Bonchev–Trinajstić information content (AvgIpc) is 2.84. The molecule has 0 bridgehead atoms. The smallest absolute Gasteiger partial charge is 0.141 e. The van der Waals surface area contributed by atoms with E-state index in [1.165, 1.54) is 25.7 Å². The normalized spacial score (nSPS) is 16.7. The van der Waals surface area contributed by atoms with Crippen LogP contribution in [0.2, 0.25) is 0 Å². The summed E-state index contributed by atoms with van der Waals surface area (Å²) >= 11 is 5.40. The highest BCUT2D eigenvalue weighted by Crippen LogP contribution is 2.38. The second-order valence-electron chi connectivity index (χ2n) is 5.07. The molecule has 0 spiro atoms. The van der Waals surface area contributed by atoms with E-state index in [2.05, 4.69) is 34.8 Å². The lowest BCUT2D eigenvalue weighted by molar-refractivity contribution is 0.684. The fourth-order valence-electron chi connectivity index (χ4n) is 2.31. The summed E-state index contributed by atoms with van der Waals surface area (Å²) in [6.45, 7) is 4.37. The van der Waals surface area contributed by atoms with E-state index in [-0.39, 0.29) is 0 Å². The summed E-state index contributed by atoms with van der Waals surface area (Å²) in [5.41, 5.74) is 7.11. The molecule has 0 aromatic carbocycles. The first-order chi connectivity index (χ1) is 8.58. The van der Waals surface area contributed by atoms with Crippen molar-refractivity contribution in [2.24, 2.45) is 0 Å². The van der Waals surface area contributed by atoms with Crippen LogP contribution in [0.25, 0.3) is 0 Å². The zero-order valence-corrected chi connectivity index (χ0v) is 13.4. The van der Waals surface area contributed by atoms with Crippen molar-refractivity contribution in [1.29, 1.82) is 0 Å². The number of hydrogen-bond donors (Lipinski definition) is 1. The number of halogens is 1. The molecule has 1 fully saturated rings. The average molecular weight is 330 g/mol. The number of aromatic nitrogens is 2. The van der Waals surface area contributed by atoms with Gasteiger partial charge in [0.15, 0.2) is 0 Å². The predicted octanol–water partition coefficient (Wildman–Crippen LogP) is 4.12. The summed E-state index contributed by atoms with van der Waals surface area (Å²) in [5, 5.41) is 0.591. The lowest BCUT2D eigenvalue weighted by Crippen LogP contribution is -2.08. The number of anilines is 1. The third kappa shape index (κ3) is 3.38. The van der Waals surface area contributed by atoms with Crippen LogP contribution in [-0.2, 0) is 5.75 Å². The van der Waals surface area contributed by atoms with Crippen molar-refractivity contribution in [3.63, 3.8) is 0 Å². The van der Waals surface area contributed by atoms with Crippen molar-refractivity contribution < 1.29 is 0 Å². The first kappa shape index (κ1) is 14.1. The molecule has 1 aliphatic rings. The summed E-state index contributed by atoms with van der Waals surface area (Å²) < 4.78 is 0.910. The molecule has 2 N–H and O–H groups in total. The second kappa shape index (κ2) is 6.24. The minimum absolute atomic E-state index is 0.562. The Kier molecular flexibility index (Phi) is 4.90. The molecule has 1 aromatic heterocycles. The molecule has 1 heterocycles. The van der Waals surface area contributed by atoms with Crippen LogP contribution in [0.5, 0.6) is 0 Å². The molecule has 1 aromatic rings. The Balaban J connectivity index is 2.21. The number of rotatable bonds is 4. The van der Waals surface area contributed by atoms with Gasteiger partial charge in [-0.2, -0.15) is 11.8 Å². The topological polar surface area (TPSA) is 51.8 Å². The van der Waals surface area contributed by atoms with Gasteiger partial charge in [0.25, 0.3) is 0 Å². The van der Waals surface area contributed by atoms with Crippen molar-refractivity contribution in [1.82, 2.24) is 9.97 Å². The van der Waals surface area contributed by atoms with Crippen LogP contribution in [-0.4, -0.2) is 15.2 Å². The lowest BCUT2D eigenvalue weighted by Gasteiger charge is -2.14. The van der Waals surface area contributed by atoms with E-state index >= 15 is 0 Å². The van der Waals surface area contributed by atoms with Gasteiger partial charge in [0.1, 0.15) is 11.6 Å². The molecule has 0 saturated heterocycles. The van der Waals surface area contributed by atoms with Crippen LogP contribution in [0.3, 0.4) is 0 Å². The first-order valence-electron chi connectivity index (χ1n) is 6.51. The fraction of sp³-hybridized carbons (Fsp3) is 0.692. The Morgan fingerprint density at radius 3 is 2.61 bits per heavy atom. The molecule has 3 nitrogen and oxygen atoms in total. The van der Waals surface area contributed by atoms with Gasteiger partial charge in [0.2, 0.25) is 0 Å².